The maximum Gasteiger partial charge on any atom is 0.253 e. The van der Waals surface area contributed by atoms with Crippen LogP contribution in [0.15, 0.2) is 18.2 Å². The van der Waals surface area contributed by atoms with Gasteiger partial charge in [0.05, 0.1) is 7.11 Å². The molecule has 5 heteroatoms. The van der Waals surface area contributed by atoms with E-state index in [-0.39, 0.29) is 11.7 Å². The fraction of sp³-hybridized carbons (Fsp3) is 0.632. The molecule has 1 aromatic rings. The van der Waals surface area contributed by atoms with E-state index in [1.165, 1.54) is 38.5 Å². The Balaban J connectivity index is 1.67. The SMILES string of the molecule is COc1ccc(C(=O)N2CCCC3(CCN(C)CC3)CC2)cc1F. The van der Waals surface area contributed by atoms with Crippen LogP contribution >= 0.6 is 0 Å². The summed E-state index contributed by atoms with van der Waals surface area (Å²) in [4.78, 5) is 17.0. The molecule has 2 fully saturated rings. The van der Waals surface area contributed by atoms with Crippen LogP contribution in [0.25, 0.3) is 0 Å². The Hall–Kier alpha value is -1.62. The van der Waals surface area contributed by atoms with Gasteiger partial charge in [0.1, 0.15) is 0 Å². The number of likely N-dealkylation sites (tertiary alicyclic amines) is 2. The normalized spacial score (nSPS) is 21.5. The molecule has 2 heterocycles. The molecule has 0 bridgehead atoms. The third-order valence-electron chi connectivity index (χ3n) is 5.78. The van der Waals surface area contributed by atoms with E-state index in [9.17, 15) is 9.18 Å². The van der Waals surface area contributed by atoms with Gasteiger partial charge in [0.15, 0.2) is 11.6 Å². The molecule has 0 aromatic heterocycles. The van der Waals surface area contributed by atoms with Crippen molar-refractivity contribution in [3.05, 3.63) is 29.6 Å². The molecule has 0 unspecified atom stereocenters. The van der Waals surface area contributed by atoms with Crippen LogP contribution in [0.5, 0.6) is 5.75 Å². The number of methoxy groups -OCH3 is 1. The first-order chi connectivity index (χ1) is 11.5. The molecule has 0 atom stereocenters. The second-order valence-corrected chi connectivity index (χ2v) is 7.30. The fourth-order valence-electron chi connectivity index (χ4n) is 4.03. The molecule has 3 rings (SSSR count). The Bertz CT molecular complexity index is 597. The molecule has 132 valence electrons. The van der Waals surface area contributed by atoms with Crippen LogP contribution in [-0.2, 0) is 0 Å². The standard InChI is InChI=1S/C19H27FN2O2/c1-21-11-7-19(8-12-21)6-3-10-22(13-9-19)18(23)15-4-5-17(24-2)16(20)14-15/h4-5,14H,3,6-13H2,1-2H3. The van der Waals surface area contributed by atoms with E-state index >= 15 is 0 Å². The van der Waals surface area contributed by atoms with Gasteiger partial charge in [-0.05, 0) is 75.9 Å². The molecule has 2 aliphatic heterocycles. The van der Waals surface area contributed by atoms with Crippen molar-refractivity contribution in [3.63, 3.8) is 0 Å². The predicted octanol–water partition coefficient (Wildman–Crippen LogP) is 3.17. The molecule has 1 spiro atoms. The van der Waals surface area contributed by atoms with Crippen LogP contribution in [-0.4, -0.2) is 56.0 Å². The van der Waals surface area contributed by atoms with E-state index in [1.54, 1.807) is 6.07 Å². The lowest BCUT2D eigenvalue weighted by Gasteiger charge is -2.40. The van der Waals surface area contributed by atoms with E-state index in [4.69, 9.17) is 4.74 Å². The summed E-state index contributed by atoms with van der Waals surface area (Å²) >= 11 is 0. The molecule has 0 N–H and O–H groups in total. The number of carbonyl (C=O) groups is 1. The van der Waals surface area contributed by atoms with Crippen LogP contribution in [0.3, 0.4) is 0 Å². The van der Waals surface area contributed by atoms with Crippen molar-refractivity contribution in [1.82, 2.24) is 9.80 Å². The summed E-state index contributed by atoms with van der Waals surface area (Å²) in [5.41, 5.74) is 0.805. The Morgan fingerprint density at radius 1 is 1.12 bits per heavy atom. The summed E-state index contributed by atoms with van der Waals surface area (Å²) in [7, 11) is 3.60. The lowest BCUT2D eigenvalue weighted by molar-refractivity contribution is 0.0733. The zero-order valence-electron chi connectivity index (χ0n) is 14.7. The molecule has 0 aliphatic carbocycles. The second-order valence-electron chi connectivity index (χ2n) is 7.30. The van der Waals surface area contributed by atoms with Gasteiger partial charge in [-0.3, -0.25) is 4.79 Å². The monoisotopic (exact) mass is 334 g/mol. The van der Waals surface area contributed by atoms with E-state index in [1.807, 2.05) is 4.90 Å². The van der Waals surface area contributed by atoms with Crippen molar-refractivity contribution < 1.29 is 13.9 Å². The lowest BCUT2D eigenvalue weighted by Crippen LogP contribution is -2.39. The van der Waals surface area contributed by atoms with E-state index in [0.29, 0.717) is 11.0 Å². The zero-order valence-corrected chi connectivity index (χ0v) is 14.7. The maximum absolute atomic E-state index is 13.9. The topological polar surface area (TPSA) is 32.8 Å². The molecule has 0 saturated carbocycles. The van der Waals surface area contributed by atoms with Crippen molar-refractivity contribution >= 4 is 5.91 Å². The number of ether oxygens (including phenoxy) is 1. The van der Waals surface area contributed by atoms with Gasteiger partial charge in [0.2, 0.25) is 0 Å². The molecule has 2 aliphatic rings. The largest absolute Gasteiger partial charge is 0.494 e. The number of hydrogen-bond donors (Lipinski definition) is 0. The number of nitrogens with zero attached hydrogens (tertiary/aromatic N) is 2. The second kappa shape index (κ2) is 7.09. The molecule has 2 saturated heterocycles. The van der Waals surface area contributed by atoms with E-state index in [2.05, 4.69) is 11.9 Å². The van der Waals surface area contributed by atoms with Crippen LogP contribution < -0.4 is 4.74 Å². The first-order valence-corrected chi connectivity index (χ1v) is 8.84. The van der Waals surface area contributed by atoms with Crippen molar-refractivity contribution in [2.24, 2.45) is 5.41 Å². The first kappa shape index (κ1) is 17.2. The Morgan fingerprint density at radius 2 is 1.83 bits per heavy atom. The van der Waals surface area contributed by atoms with Crippen LogP contribution in [0.4, 0.5) is 4.39 Å². The van der Waals surface area contributed by atoms with Gasteiger partial charge in [0, 0.05) is 18.7 Å². The minimum atomic E-state index is -0.482. The lowest BCUT2D eigenvalue weighted by atomic mass is 9.73. The fourth-order valence-corrected chi connectivity index (χ4v) is 4.03. The Labute approximate surface area is 143 Å². The van der Waals surface area contributed by atoms with Gasteiger partial charge in [-0.25, -0.2) is 4.39 Å². The van der Waals surface area contributed by atoms with Crippen LogP contribution in [0.2, 0.25) is 0 Å². The van der Waals surface area contributed by atoms with E-state index < -0.39 is 5.82 Å². The zero-order chi connectivity index (χ0) is 17.2. The van der Waals surface area contributed by atoms with Crippen LogP contribution in [0, 0.1) is 11.2 Å². The highest BCUT2D eigenvalue weighted by Gasteiger charge is 2.36. The number of halogens is 1. The Morgan fingerprint density at radius 3 is 2.50 bits per heavy atom. The van der Waals surface area contributed by atoms with Gasteiger partial charge in [0.25, 0.3) is 5.91 Å². The highest BCUT2D eigenvalue weighted by molar-refractivity contribution is 5.94. The first-order valence-electron chi connectivity index (χ1n) is 8.84. The summed E-state index contributed by atoms with van der Waals surface area (Å²) in [6.45, 7) is 3.84. The average Bonchev–Trinajstić information content (AvgIpc) is 2.80. The molecule has 0 radical (unpaired) electrons. The Kier molecular flexibility index (Phi) is 5.09. The number of hydrogen-bond acceptors (Lipinski definition) is 3. The molecule has 1 aromatic carbocycles. The highest BCUT2D eigenvalue weighted by Crippen LogP contribution is 2.41. The number of carbonyl (C=O) groups excluding carboxylic acids is 1. The molecule has 1 amide bonds. The number of rotatable bonds is 2. The van der Waals surface area contributed by atoms with E-state index in [0.717, 1.165) is 39.0 Å². The maximum atomic E-state index is 13.9. The van der Waals surface area contributed by atoms with Crippen molar-refractivity contribution in [1.29, 1.82) is 0 Å². The van der Waals surface area contributed by atoms with Crippen LogP contribution in [0.1, 0.15) is 42.5 Å². The third-order valence-corrected chi connectivity index (χ3v) is 5.78. The summed E-state index contributed by atoms with van der Waals surface area (Å²) in [5, 5.41) is 0. The number of amides is 1. The predicted molar refractivity (Wildman–Crippen MR) is 91.9 cm³/mol. The van der Waals surface area contributed by atoms with Crippen molar-refractivity contribution in [2.75, 3.05) is 40.3 Å². The summed E-state index contributed by atoms with van der Waals surface area (Å²) in [6, 6.07) is 4.47. The number of benzene rings is 1. The summed E-state index contributed by atoms with van der Waals surface area (Å²) in [5.74, 6) is -0.376. The number of piperidine rings is 1. The quantitative estimate of drug-likeness (QED) is 0.833. The minimum absolute atomic E-state index is 0.0680. The van der Waals surface area contributed by atoms with Gasteiger partial charge >= 0.3 is 0 Å². The van der Waals surface area contributed by atoms with Crippen molar-refractivity contribution in [3.8, 4) is 5.75 Å². The van der Waals surface area contributed by atoms with Gasteiger partial charge in [-0.1, -0.05) is 0 Å². The average molecular weight is 334 g/mol. The van der Waals surface area contributed by atoms with Gasteiger partial charge in [-0.15, -0.1) is 0 Å². The molecule has 24 heavy (non-hydrogen) atoms. The van der Waals surface area contributed by atoms with Crippen molar-refractivity contribution in [2.45, 2.75) is 32.1 Å². The minimum Gasteiger partial charge on any atom is -0.494 e. The van der Waals surface area contributed by atoms with Gasteiger partial charge in [-0.2, -0.15) is 0 Å². The highest BCUT2D eigenvalue weighted by atomic mass is 19.1. The molecular weight excluding hydrogens is 307 g/mol. The smallest absolute Gasteiger partial charge is 0.253 e. The molecule has 4 nitrogen and oxygen atoms in total. The van der Waals surface area contributed by atoms with Gasteiger partial charge < -0.3 is 14.5 Å². The third kappa shape index (κ3) is 3.56. The summed E-state index contributed by atoms with van der Waals surface area (Å²) in [6.07, 6.45) is 5.74. The molecular formula is C19H27FN2O2. The summed E-state index contributed by atoms with van der Waals surface area (Å²) < 4.78 is 18.8.